The molecule has 2 aliphatic heterocycles. The van der Waals surface area contributed by atoms with Gasteiger partial charge >= 0.3 is 5.97 Å². The van der Waals surface area contributed by atoms with E-state index in [0.717, 1.165) is 0 Å². The van der Waals surface area contributed by atoms with Crippen LogP contribution in [0.15, 0.2) is 24.3 Å². The highest BCUT2D eigenvalue weighted by atomic mass is 32.2. The largest absolute Gasteiger partial charge is 0.459 e. The van der Waals surface area contributed by atoms with Crippen LogP contribution in [0.5, 0.6) is 0 Å². The molecule has 2 amide bonds. The molecule has 0 bridgehead atoms. The Morgan fingerprint density at radius 2 is 2.04 bits per heavy atom. The topological polar surface area (TPSA) is 136 Å². The van der Waals surface area contributed by atoms with E-state index >= 15 is 0 Å². The second-order valence-corrected chi connectivity index (χ2v) is 8.86. The van der Waals surface area contributed by atoms with Gasteiger partial charge in [-0.2, -0.15) is 0 Å². The summed E-state index contributed by atoms with van der Waals surface area (Å²) in [6, 6.07) is 3.56. The molecule has 0 saturated carbocycles. The van der Waals surface area contributed by atoms with Gasteiger partial charge in [0.25, 0.3) is 5.69 Å². The Morgan fingerprint density at radius 1 is 1.41 bits per heavy atom. The van der Waals surface area contributed by atoms with Gasteiger partial charge in [0.2, 0.25) is 12.3 Å². The summed E-state index contributed by atoms with van der Waals surface area (Å²) in [6.07, 6.45) is 0.365. The van der Waals surface area contributed by atoms with Gasteiger partial charge in [0.15, 0.2) is 0 Å². The van der Waals surface area contributed by atoms with E-state index in [-0.39, 0.29) is 12.3 Å². The third-order valence-electron chi connectivity index (χ3n) is 4.75. The van der Waals surface area contributed by atoms with Crippen LogP contribution in [0.2, 0.25) is 0 Å². The number of nitro groups is 1. The lowest BCUT2D eigenvalue weighted by Gasteiger charge is -2.42. The second-order valence-electron chi connectivity index (χ2n) is 6.73. The normalized spacial score (nSPS) is 28.1. The van der Waals surface area contributed by atoms with Crippen LogP contribution in [0.25, 0.3) is 0 Å². The summed E-state index contributed by atoms with van der Waals surface area (Å²) >= 11 is 0. The Labute approximate surface area is 156 Å². The molecule has 2 unspecified atom stereocenters. The fourth-order valence-electron chi connectivity index (χ4n) is 3.32. The van der Waals surface area contributed by atoms with Crippen LogP contribution in [0.3, 0.4) is 0 Å². The molecule has 27 heavy (non-hydrogen) atoms. The van der Waals surface area contributed by atoms with E-state index in [1.54, 1.807) is 13.8 Å². The third kappa shape index (κ3) is 2.97. The lowest BCUT2D eigenvalue weighted by molar-refractivity contribution is -0.384. The van der Waals surface area contributed by atoms with Crippen LogP contribution in [0.4, 0.5) is 5.69 Å². The zero-order valence-electron chi connectivity index (χ0n) is 14.5. The standard InChI is InChI=1S/C16H17N3O7S/c1-16(2)12(18-13(21)11(17-8-20)14(18)27(16)25)15(22)26-7-9-3-5-10(6-4-9)19(23)24/h3-6,8,11-12,14H,7H2,1-2H3,(H,17,20)/t11-,12?,14+,27?/m1/s1. The first-order chi connectivity index (χ1) is 12.7. The number of nitro benzene ring substituents is 1. The number of non-ortho nitro benzene ring substituents is 1. The SMILES string of the molecule is CC1(C)C(C(=O)OCc2ccc([N+](=O)[O-])cc2)N2C(=O)[C@@H](NC=O)[C@@H]2S1=O. The van der Waals surface area contributed by atoms with Crippen LogP contribution in [0.1, 0.15) is 19.4 Å². The molecule has 144 valence electrons. The van der Waals surface area contributed by atoms with E-state index in [0.29, 0.717) is 12.0 Å². The second kappa shape index (κ2) is 6.72. The van der Waals surface area contributed by atoms with Crippen molar-refractivity contribution in [2.24, 2.45) is 0 Å². The van der Waals surface area contributed by atoms with Crippen molar-refractivity contribution in [1.82, 2.24) is 10.2 Å². The number of β-lactam (4-membered cyclic amide) rings is 1. The Morgan fingerprint density at radius 3 is 2.59 bits per heavy atom. The zero-order chi connectivity index (χ0) is 19.9. The number of nitrogens with zero attached hydrogens (tertiary/aromatic N) is 2. The molecule has 10 nitrogen and oxygen atoms in total. The molecule has 2 heterocycles. The lowest BCUT2D eigenvalue weighted by Crippen LogP contribution is -2.70. The van der Waals surface area contributed by atoms with Crippen molar-refractivity contribution in [3.63, 3.8) is 0 Å². The van der Waals surface area contributed by atoms with Gasteiger partial charge in [-0.25, -0.2) is 4.79 Å². The van der Waals surface area contributed by atoms with E-state index in [4.69, 9.17) is 4.74 Å². The van der Waals surface area contributed by atoms with Gasteiger partial charge in [-0.3, -0.25) is 23.9 Å². The van der Waals surface area contributed by atoms with Crippen LogP contribution in [-0.4, -0.2) is 54.5 Å². The molecular weight excluding hydrogens is 378 g/mol. The quantitative estimate of drug-likeness (QED) is 0.232. The number of hydrogen-bond acceptors (Lipinski definition) is 7. The third-order valence-corrected chi connectivity index (χ3v) is 6.95. The smallest absolute Gasteiger partial charge is 0.330 e. The maximum Gasteiger partial charge on any atom is 0.330 e. The lowest BCUT2D eigenvalue weighted by atomic mass is 9.96. The molecule has 4 atom stereocenters. The van der Waals surface area contributed by atoms with Gasteiger partial charge in [-0.15, -0.1) is 0 Å². The Balaban J connectivity index is 1.72. The number of benzene rings is 1. The van der Waals surface area contributed by atoms with E-state index in [1.165, 1.54) is 29.2 Å². The Hall–Kier alpha value is -2.82. The summed E-state index contributed by atoms with van der Waals surface area (Å²) < 4.78 is 16.9. The summed E-state index contributed by atoms with van der Waals surface area (Å²) in [4.78, 5) is 46.8. The van der Waals surface area contributed by atoms with Gasteiger partial charge < -0.3 is 15.0 Å². The fourth-order valence-corrected chi connectivity index (χ4v) is 5.24. The number of nitrogens with one attached hydrogen (secondary N) is 1. The molecule has 3 rings (SSSR count). The highest BCUT2D eigenvalue weighted by molar-refractivity contribution is 7.87. The van der Waals surface area contributed by atoms with Crippen molar-refractivity contribution in [1.29, 1.82) is 0 Å². The van der Waals surface area contributed by atoms with Gasteiger partial charge in [-0.05, 0) is 31.5 Å². The number of carbonyl (C=O) groups is 3. The fraction of sp³-hybridized carbons (Fsp3) is 0.438. The minimum Gasteiger partial charge on any atom is -0.459 e. The molecule has 1 N–H and O–H groups in total. The summed E-state index contributed by atoms with van der Waals surface area (Å²) in [5, 5.41) is 12.2. The number of rotatable bonds is 6. The molecule has 0 aliphatic carbocycles. The molecule has 0 spiro atoms. The van der Waals surface area contributed by atoms with Gasteiger partial charge in [0.1, 0.15) is 24.1 Å². The highest BCUT2D eigenvalue weighted by Gasteiger charge is 2.68. The molecule has 11 heteroatoms. The van der Waals surface area contributed by atoms with Crippen LogP contribution >= 0.6 is 0 Å². The molecule has 2 fully saturated rings. The predicted molar refractivity (Wildman–Crippen MR) is 92.5 cm³/mol. The average molecular weight is 395 g/mol. The highest BCUT2D eigenvalue weighted by Crippen LogP contribution is 2.43. The zero-order valence-corrected chi connectivity index (χ0v) is 15.3. The summed E-state index contributed by atoms with van der Waals surface area (Å²) in [5.41, 5.74) is 0.456. The Kier molecular flexibility index (Phi) is 4.72. The van der Waals surface area contributed by atoms with Gasteiger partial charge in [0, 0.05) is 12.1 Å². The number of amides is 2. The van der Waals surface area contributed by atoms with Crippen molar-refractivity contribution >= 4 is 34.8 Å². The van der Waals surface area contributed by atoms with Crippen molar-refractivity contribution in [3.8, 4) is 0 Å². The molecule has 2 saturated heterocycles. The van der Waals surface area contributed by atoms with Gasteiger partial charge in [0.05, 0.1) is 20.5 Å². The maximum atomic E-state index is 12.7. The van der Waals surface area contributed by atoms with E-state index < -0.39 is 49.8 Å². The number of fused-ring (bicyclic) bond motifs is 1. The minimum absolute atomic E-state index is 0.0832. The van der Waals surface area contributed by atoms with Crippen molar-refractivity contribution < 1.29 is 28.3 Å². The average Bonchev–Trinajstić information content (AvgIpc) is 2.82. The summed E-state index contributed by atoms with van der Waals surface area (Å²) in [5.74, 6) is -1.20. The molecule has 1 aromatic rings. The molecule has 2 aliphatic rings. The van der Waals surface area contributed by atoms with Crippen LogP contribution in [0, 0.1) is 10.1 Å². The van der Waals surface area contributed by atoms with E-state index in [9.17, 15) is 28.7 Å². The van der Waals surface area contributed by atoms with Crippen LogP contribution < -0.4 is 5.32 Å². The molecule has 0 radical (unpaired) electrons. The predicted octanol–water partition coefficient (Wildman–Crippen LogP) is -0.170. The maximum absolute atomic E-state index is 12.7. The first kappa shape index (κ1) is 19.0. The van der Waals surface area contributed by atoms with Crippen LogP contribution in [-0.2, 0) is 36.5 Å². The van der Waals surface area contributed by atoms with Crippen molar-refractivity contribution in [3.05, 3.63) is 39.9 Å². The molecular formula is C16H17N3O7S. The van der Waals surface area contributed by atoms with Gasteiger partial charge in [-0.1, -0.05) is 0 Å². The number of esters is 1. The molecule has 1 aromatic carbocycles. The minimum atomic E-state index is -1.57. The van der Waals surface area contributed by atoms with Crippen molar-refractivity contribution in [2.75, 3.05) is 0 Å². The number of carbonyl (C=O) groups excluding carboxylic acids is 3. The molecule has 0 aromatic heterocycles. The summed E-state index contributed by atoms with van der Waals surface area (Å²) in [7, 11) is -1.57. The Bertz CT molecular complexity index is 839. The first-order valence-electron chi connectivity index (χ1n) is 8.02. The van der Waals surface area contributed by atoms with E-state index in [1.807, 2.05) is 0 Å². The monoisotopic (exact) mass is 395 g/mol. The number of ether oxygens (including phenoxy) is 1. The first-order valence-corrected chi connectivity index (χ1v) is 9.24. The number of hydrogen-bond donors (Lipinski definition) is 1. The van der Waals surface area contributed by atoms with E-state index in [2.05, 4.69) is 5.32 Å². The summed E-state index contributed by atoms with van der Waals surface area (Å²) in [6.45, 7) is 3.06. The van der Waals surface area contributed by atoms with Crippen molar-refractivity contribution in [2.45, 2.75) is 42.7 Å².